The second-order valence-corrected chi connectivity index (χ2v) is 10.6. The maximum Gasteiger partial charge on any atom is 0.338 e. The molecule has 1 fully saturated rings. The number of carbonyl (C=O) groups is 2. The van der Waals surface area contributed by atoms with Crippen LogP contribution in [0, 0.1) is 0 Å². The molecule has 1 saturated heterocycles. The maximum atomic E-state index is 12.6. The highest BCUT2D eigenvalue weighted by atomic mass is 32.2. The van der Waals surface area contributed by atoms with Crippen LogP contribution in [-0.4, -0.2) is 49.2 Å². The molecule has 33 heavy (non-hydrogen) atoms. The zero-order chi connectivity index (χ0) is 23.0. The molecule has 0 saturated carbocycles. The summed E-state index contributed by atoms with van der Waals surface area (Å²) in [4.78, 5) is 28.7. The number of nitrogens with one attached hydrogen (secondary N) is 1. The Hall–Kier alpha value is -2.97. The fourth-order valence-corrected chi connectivity index (χ4v) is 6.24. The molecule has 1 N–H and O–H groups in total. The summed E-state index contributed by atoms with van der Waals surface area (Å²) in [6.45, 7) is 0.646. The van der Waals surface area contributed by atoms with Gasteiger partial charge in [0.15, 0.2) is 12.4 Å². The Bertz CT molecular complexity index is 1320. The van der Waals surface area contributed by atoms with Crippen molar-refractivity contribution < 1.29 is 22.7 Å². The predicted molar refractivity (Wildman–Crippen MR) is 124 cm³/mol. The molecule has 8 heteroatoms. The van der Waals surface area contributed by atoms with E-state index < -0.39 is 22.6 Å². The molecule has 0 atom stereocenters. The van der Waals surface area contributed by atoms with Crippen LogP contribution in [0.15, 0.2) is 47.4 Å². The fraction of sp³-hybridized carbons (Fsp3) is 0.360. The molecule has 7 nitrogen and oxygen atoms in total. The van der Waals surface area contributed by atoms with Gasteiger partial charge in [0.2, 0.25) is 10.0 Å². The van der Waals surface area contributed by atoms with E-state index in [1.54, 1.807) is 6.07 Å². The summed E-state index contributed by atoms with van der Waals surface area (Å²) in [7, 11) is -3.53. The summed E-state index contributed by atoms with van der Waals surface area (Å²) in [5.74, 6) is -0.933. The van der Waals surface area contributed by atoms with E-state index in [-0.39, 0.29) is 10.7 Å². The van der Waals surface area contributed by atoms with Crippen molar-refractivity contribution in [2.75, 3.05) is 19.7 Å². The summed E-state index contributed by atoms with van der Waals surface area (Å²) in [5.41, 5.74) is 4.24. The monoisotopic (exact) mass is 466 g/mol. The van der Waals surface area contributed by atoms with Crippen molar-refractivity contribution in [1.29, 1.82) is 0 Å². The first-order chi connectivity index (χ1) is 15.9. The van der Waals surface area contributed by atoms with Gasteiger partial charge in [-0.05, 0) is 86.6 Å². The summed E-state index contributed by atoms with van der Waals surface area (Å²) in [6, 6.07) is 11.2. The van der Waals surface area contributed by atoms with E-state index in [9.17, 15) is 18.0 Å². The number of aromatic nitrogens is 1. The summed E-state index contributed by atoms with van der Waals surface area (Å²) >= 11 is 0. The molecular weight excluding hydrogens is 440 g/mol. The standard InChI is InChI=1S/C25H26N2O5S/c28-24(17-7-10-19(11-8-17)33(30,31)27-13-3-4-14-27)16-32-25(29)18-9-12-23-21(15-18)20-5-1-2-6-22(20)26-23/h7-12,15,26H,1-6,13-14,16H2. The molecule has 0 unspecified atom stereocenters. The summed E-state index contributed by atoms with van der Waals surface area (Å²) in [6.07, 6.45) is 6.05. The molecule has 0 amide bonds. The van der Waals surface area contributed by atoms with Crippen LogP contribution in [0.3, 0.4) is 0 Å². The Morgan fingerprint density at radius 3 is 2.36 bits per heavy atom. The van der Waals surface area contributed by atoms with Gasteiger partial charge in [0.05, 0.1) is 10.5 Å². The molecule has 172 valence electrons. The van der Waals surface area contributed by atoms with Crippen molar-refractivity contribution in [3.05, 3.63) is 64.8 Å². The molecule has 1 aromatic heterocycles. The van der Waals surface area contributed by atoms with E-state index in [1.165, 1.54) is 46.2 Å². The third-order valence-corrected chi connectivity index (χ3v) is 8.46. The Morgan fingerprint density at radius 1 is 0.909 bits per heavy atom. The zero-order valence-corrected chi connectivity index (χ0v) is 19.1. The second kappa shape index (κ2) is 8.76. The molecule has 5 rings (SSSR count). The van der Waals surface area contributed by atoms with E-state index >= 15 is 0 Å². The molecule has 1 aliphatic heterocycles. The van der Waals surface area contributed by atoms with Crippen LogP contribution in [0.25, 0.3) is 10.9 Å². The number of Topliss-reactive ketones (excluding diaryl/α,β-unsaturated/α-hetero) is 1. The van der Waals surface area contributed by atoms with Gasteiger partial charge in [-0.1, -0.05) is 0 Å². The maximum absolute atomic E-state index is 12.6. The number of benzene rings is 2. The lowest BCUT2D eigenvalue weighted by Gasteiger charge is -2.15. The third-order valence-electron chi connectivity index (χ3n) is 6.55. The van der Waals surface area contributed by atoms with Gasteiger partial charge in [-0.2, -0.15) is 4.31 Å². The van der Waals surface area contributed by atoms with Crippen molar-refractivity contribution in [3.63, 3.8) is 0 Å². The number of esters is 1. The third kappa shape index (κ3) is 4.20. The van der Waals surface area contributed by atoms with Crippen LogP contribution < -0.4 is 0 Å². The van der Waals surface area contributed by atoms with Gasteiger partial charge in [0, 0.05) is 35.2 Å². The SMILES string of the molecule is O=C(COC(=O)c1ccc2[nH]c3c(c2c1)CCCC3)c1ccc(S(=O)(=O)N2CCCC2)cc1. The van der Waals surface area contributed by atoms with Crippen LogP contribution in [0.2, 0.25) is 0 Å². The van der Waals surface area contributed by atoms with Gasteiger partial charge in [-0.25, -0.2) is 13.2 Å². The number of hydrogen-bond donors (Lipinski definition) is 1. The molecule has 3 aromatic rings. The predicted octanol–water partition coefficient (Wildman–Crippen LogP) is 3.87. The van der Waals surface area contributed by atoms with Crippen LogP contribution >= 0.6 is 0 Å². The van der Waals surface area contributed by atoms with E-state index in [0.29, 0.717) is 24.2 Å². The number of nitrogens with zero attached hydrogens (tertiary/aromatic N) is 1. The van der Waals surface area contributed by atoms with Crippen LogP contribution in [0.5, 0.6) is 0 Å². The number of carbonyl (C=O) groups excluding carboxylic acids is 2. The van der Waals surface area contributed by atoms with Crippen molar-refractivity contribution in [2.24, 2.45) is 0 Å². The number of aromatic amines is 1. The molecule has 2 aromatic carbocycles. The molecule has 0 radical (unpaired) electrons. The molecule has 2 heterocycles. The number of fused-ring (bicyclic) bond motifs is 3. The first kappa shape index (κ1) is 21.9. The first-order valence-electron chi connectivity index (χ1n) is 11.4. The average Bonchev–Trinajstić information content (AvgIpc) is 3.51. The Kier molecular flexibility index (Phi) is 5.80. The highest BCUT2D eigenvalue weighted by molar-refractivity contribution is 7.89. The van der Waals surface area contributed by atoms with Crippen molar-refractivity contribution in [1.82, 2.24) is 9.29 Å². The molecule has 0 spiro atoms. The van der Waals surface area contributed by atoms with Gasteiger partial charge in [0.1, 0.15) is 0 Å². The van der Waals surface area contributed by atoms with Crippen LogP contribution in [-0.2, 0) is 27.6 Å². The number of rotatable bonds is 6. The molecule has 2 aliphatic rings. The highest BCUT2D eigenvalue weighted by Crippen LogP contribution is 2.30. The van der Waals surface area contributed by atoms with Gasteiger partial charge in [-0.3, -0.25) is 4.79 Å². The van der Waals surface area contributed by atoms with Crippen LogP contribution in [0.1, 0.15) is 57.7 Å². The highest BCUT2D eigenvalue weighted by Gasteiger charge is 2.27. The Balaban J connectivity index is 1.25. The fourth-order valence-electron chi connectivity index (χ4n) is 4.72. The minimum atomic E-state index is -3.53. The van der Waals surface area contributed by atoms with Gasteiger partial charge >= 0.3 is 5.97 Å². The van der Waals surface area contributed by atoms with Crippen LogP contribution in [0.4, 0.5) is 0 Å². The molecule has 1 aliphatic carbocycles. The van der Waals surface area contributed by atoms with Gasteiger partial charge in [-0.15, -0.1) is 0 Å². The lowest BCUT2D eigenvalue weighted by Crippen LogP contribution is -2.27. The topological polar surface area (TPSA) is 96.5 Å². The number of ketones is 1. The van der Waals surface area contributed by atoms with E-state index in [1.807, 2.05) is 12.1 Å². The zero-order valence-electron chi connectivity index (χ0n) is 18.3. The number of sulfonamides is 1. The minimum Gasteiger partial charge on any atom is -0.454 e. The number of aryl methyl sites for hydroxylation is 2. The van der Waals surface area contributed by atoms with Gasteiger partial charge < -0.3 is 9.72 Å². The lowest BCUT2D eigenvalue weighted by atomic mass is 9.95. The molecule has 0 bridgehead atoms. The minimum absolute atomic E-state index is 0.168. The number of hydrogen-bond acceptors (Lipinski definition) is 5. The average molecular weight is 467 g/mol. The van der Waals surface area contributed by atoms with E-state index in [2.05, 4.69) is 4.98 Å². The van der Waals surface area contributed by atoms with Crippen molar-refractivity contribution in [3.8, 4) is 0 Å². The Labute approximate surface area is 192 Å². The second-order valence-electron chi connectivity index (χ2n) is 8.68. The van der Waals surface area contributed by atoms with Gasteiger partial charge in [0.25, 0.3) is 0 Å². The summed E-state index contributed by atoms with van der Waals surface area (Å²) < 4.78 is 32.0. The molecular formula is C25H26N2O5S. The van der Waals surface area contributed by atoms with Crippen molar-refractivity contribution >= 4 is 32.7 Å². The first-order valence-corrected chi connectivity index (χ1v) is 12.8. The normalized spacial score (nSPS) is 16.6. The summed E-state index contributed by atoms with van der Waals surface area (Å²) in [5, 5.41) is 1.04. The quantitative estimate of drug-likeness (QED) is 0.439. The largest absolute Gasteiger partial charge is 0.454 e. The lowest BCUT2D eigenvalue weighted by molar-refractivity contribution is 0.0475. The smallest absolute Gasteiger partial charge is 0.338 e. The number of ether oxygens (including phenoxy) is 1. The van der Waals surface area contributed by atoms with E-state index in [0.717, 1.165) is 43.0 Å². The van der Waals surface area contributed by atoms with Crippen molar-refractivity contribution in [2.45, 2.75) is 43.4 Å². The van der Waals surface area contributed by atoms with E-state index in [4.69, 9.17) is 4.74 Å². The Morgan fingerprint density at radius 2 is 1.61 bits per heavy atom. The number of H-pyrrole nitrogens is 1.